The molecule has 1 N–H and O–H groups in total. The summed E-state index contributed by atoms with van der Waals surface area (Å²) < 4.78 is 4.04. The highest BCUT2D eigenvalue weighted by Gasteiger charge is 2.13. The van der Waals surface area contributed by atoms with E-state index in [4.69, 9.17) is 0 Å². The number of nitrogens with zero attached hydrogens (tertiary/aromatic N) is 4. The number of carbonyl (C=O) groups is 1. The third kappa shape index (κ3) is 4.91. The summed E-state index contributed by atoms with van der Waals surface area (Å²) in [7, 11) is 0. The van der Waals surface area contributed by atoms with Gasteiger partial charge in [-0.3, -0.25) is 9.59 Å². The van der Waals surface area contributed by atoms with E-state index in [9.17, 15) is 9.59 Å². The van der Waals surface area contributed by atoms with E-state index in [1.807, 2.05) is 31.2 Å². The van der Waals surface area contributed by atoms with Gasteiger partial charge >= 0.3 is 0 Å². The molecule has 8 heteroatoms. The largest absolute Gasteiger partial charge is 0.305 e. The molecule has 0 bridgehead atoms. The molecule has 27 heavy (non-hydrogen) atoms. The number of aryl methyl sites for hydroxylation is 1. The Morgan fingerprint density at radius 2 is 1.89 bits per heavy atom. The number of anilines is 1. The average molecular weight is 430 g/mol. The van der Waals surface area contributed by atoms with Gasteiger partial charge in [0.25, 0.3) is 11.5 Å². The molecule has 2 aromatic heterocycles. The second kappa shape index (κ2) is 8.77. The van der Waals surface area contributed by atoms with E-state index in [-0.39, 0.29) is 17.2 Å². The zero-order valence-corrected chi connectivity index (χ0v) is 16.5. The first-order valence-corrected chi connectivity index (χ1v) is 9.52. The van der Waals surface area contributed by atoms with Gasteiger partial charge in [-0.05, 0) is 30.2 Å². The van der Waals surface area contributed by atoms with Gasteiger partial charge in [-0.15, -0.1) is 0 Å². The molecule has 0 spiro atoms. The van der Waals surface area contributed by atoms with Crippen molar-refractivity contribution in [2.75, 3.05) is 5.32 Å². The molecular formula is C19H20BrN5O2. The van der Waals surface area contributed by atoms with Crippen molar-refractivity contribution in [3.63, 3.8) is 0 Å². The molecule has 0 atom stereocenters. The van der Waals surface area contributed by atoms with Crippen molar-refractivity contribution in [3.05, 3.63) is 74.7 Å². The van der Waals surface area contributed by atoms with E-state index >= 15 is 0 Å². The fourth-order valence-electron chi connectivity index (χ4n) is 2.55. The third-order valence-corrected chi connectivity index (χ3v) is 4.56. The van der Waals surface area contributed by atoms with E-state index in [0.717, 1.165) is 22.9 Å². The Balaban J connectivity index is 1.74. The zero-order chi connectivity index (χ0) is 19.2. The number of carbonyl (C=O) groups excluding carboxylic acids is 1. The lowest BCUT2D eigenvalue weighted by atomic mass is 10.2. The van der Waals surface area contributed by atoms with Gasteiger partial charge in [0.2, 0.25) is 0 Å². The standard InChI is InChI=1S/C19H20BrN5O2/c1-2-3-12-24-18(26)9-8-16(23-24)19(27)22-17-10-11-21-25(17)13-14-4-6-15(20)7-5-14/h4-11H,2-3,12-13H2,1H3,(H,22,27). The van der Waals surface area contributed by atoms with Crippen LogP contribution in [0.3, 0.4) is 0 Å². The van der Waals surface area contributed by atoms with Crippen LogP contribution < -0.4 is 10.9 Å². The van der Waals surface area contributed by atoms with E-state index in [1.54, 1.807) is 16.9 Å². The van der Waals surface area contributed by atoms with Gasteiger partial charge in [-0.2, -0.15) is 10.2 Å². The summed E-state index contributed by atoms with van der Waals surface area (Å²) in [4.78, 5) is 24.4. The van der Waals surface area contributed by atoms with Crippen molar-refractivity contribution in [3.8, 4) is 0 Å². The number of halogens is 1. The van der Waals surface area contributed by atoms with Crippen molar-refractivity contribution < 1.29 is 4.79 Å². The van der Waals surface area contributed by atoms with Gasteiger partial charge < -0.3 is 5.32 Å². The van der Waals surface area contributed by atoms with Crippen molar-refractivity contribution >= 4 is 27.7 Å². The minimum Gasteiger partial charge on any atom is -0.305 e. The van der Waals surface area contributed by atoms with E-state index in [0.29, 0.717) is 18.9 Å². The van der Waals surface area contributed by atoms with Gasteiger partial charge in [0.1, 0.15) is 11.5 Å². The molecule has 0 saturated carbocycles. The monoisotopic (exact) mass is 429 g/mol. The molecule has 1 amide bonds. The summed E-state index contributed by atoms with van der Waals surface area (Å²) >= 11 is 3.41. The predicted molar refractivity (Wildman–Crippen MR) is 107 cm³/mol. The van der Waals surface area contributed by atoms with Gasteiger partial charge in [-0.25, -0.2) is 9.36 Å². The molecule has 0 saturated heterocycles. The Kier molecular flexibility index (Phi) is 6.18. The average Bonchev–Trinajstić information content (AvgIpc) is 3.09. The minimum absolute atomic E-state index is 0.196. The normalized spacial score (nSPS) is 10.7. The first-order chi connectivity index (χ1) is 13.1. The number of amides is 1. The van der Waals surface area contributed by atoms with Crippen LogP contribution in [0.1, 0.15) is 35.8 Å². The van der Waals surface area contributed by atoms with Crippen LogP contribution in [0, 0.1) is 0 Å². The van der Waals surface area contributed by atoms with Crippen molar-refractivity contribution in [1.29, 1.82) is 0 Å². The number of unbranched alkanes of at least 4 members (excludes halogenated alkanes) is 1. The van der Waals surface area contributed by atoms with E-state index < -0.39 is 0 Å². The molecule has 140 valence electrons. The van der Waals surface area contributed by atoms with Gasteiger partial charge in [0.05, 0.1) is 12.7 Å². The highest BCUT2D eigenvalue weighted by Crippen LogP contribution is 2.14. The van der Waals surface area contributed by atoms with Crippen molar-refractivity contribution in [2.45, 2.75) is 32.9 Å². The first-order valence-electron chi connectivity index (χ1n) is 8.72. The summed E-state index contributed by atoms with van der Waals surface area (Å²) in [6, 6.07) is 12.4. The first kappa shape index (κ1) is 19.0. The maximum Gasteiger partial charge on any atom is 0.277 e. The Hall–Kier alpha value is -2.74. The predicted octanol–water partition coefficient (Wildman–Crippen LogP) is 3.30. The molecular weight excluding hydrogens is 410 g/mol. The van der Waals surface area contributed by atoms with Gasteiger partial charge in [0.15, 0.2) is 0 Å². The van der Waals surface area contributed by atoms with Crippen LogP contribution in [-0.2, 0) is 13.1 Å². The summed E-state index contributed by atoms with van der Waals surface area (Å²) in [5.74, 6) is 0.189. The highest BCUT2D eigenvalue weighted by molar-refractivity contribution is 9.10. The van der Waals surface area contributed by atoms with Crippen LogP contribution in [0.25, 0.3) is 0 Å². The smallest absolute Gasteiger partial charge is 0.277 e. The number of aromatic nitrogens is 4. The molecule has 3 aromatic rings. The summed E-state index contributed by atoms with van der Waals surface area (Å²) in [6.45, 7) is 3.06. The van der Waals surface area contributed by atoms with Crippen molar-refractivity contribution in [2.24, 2.45) is 0 Å². The molecule has 0 radical (unpaired) electrons. The molecule has 0 aliphatic carbocycles. The Bertz CT molecular complexity index is 978. The molecule has 1 aromatic carbocycles. The number of nitrogens with one attached hydrogen (secondary N) is 1. The van der Waals surface area contributed by atoms with Gasteiger partial charge in [0, 0.05) is 23.2 Å². The molecule has 3 rings (SSSR count). The lowest BCUT2D eigenvalue weighted by Gasteiger charge is -2.10. The second-order valence-electron chi connectivity index (χ2n) is 6.09. The van der Waals surface area contributed by atoms with Crippen LogP contribution in [-0.4, -0.2) is 25.5 Å². The zero-order valence-electron chi connectivity index (χ0n) is 14.9. The number of hydrogen-bond acceptors (Lipinski definition) is 4. The topological polar surface area (TPSA) is 81.8 Å². The molecule has 2 heterocycles. The minimum atomic E-state index is -0.377. The molecule has 0 unspecified atom stereocenters. The van der Waals surface area contributed by atoms with Crippen LogP contribution >= 0.6 is 15.9 Å². The third-order valence-electron chi connectivity index (χ3n) is 4.03. The number of rotatable bonds is 7. The maximum atomic E-state index is 12.6. The van der Waals surface area contributed by atoms with Crippen molar-refractivity contribution in [1.82, 2.24) is 19.6 Å². The van der Waals surface area contributed by atoms with E-state index in [1.165, 1.54) is 16.8 Å². The van der Waals surface area contributed by atoms with Crippen LogP contribution in [0.2, 0.25) is 0 Å². The molecule has 7 nitrogen and oxygen atoms in total. The molecule has 0 aliphatic rings. The molecule has 0 aliphatic heterocycles. The SMILES string of the molecule is CCCCn1nc(C(=O)Nc2ccnn2Cc2ccc(Br)cc2)ccc1=O. The lowest BCUT2D eigenvalue weighted by Crippen LogP contribution is -2.26. The fraction of sp³-hybridized carbons (Fsp3) is 0.263. The highest BCUT2D eigenvalue weighted by atomic mass is 79.9. The fourth-order valence-corrected chi connectivity index (χ4v) is 2.81. The summed E-state index contributed by atoms with van der Waals surface area (Å²) in [5.41, 5.74) is 1.05. The Labute approximate surface area is 165 Å². The maximum absolute atomic E-state index is 12.6. The van der Waals surface area contributed by atoms with E-state index in [2.05, 4.69) is 31.4 Å². The van der Waals surface area contributed by atoms with Gasteiger partial charge in [-0.1, -0.05) is 41.4 Å². The van der Waals surface area contributed by atoms with Crippen LogP contribution in [0.4, 0.5) is 5.82 Å². The van der Waals surface area contributed by atoms with Crippen LogP contribution in [0.5, 0.6) is 0 Å². The Morgan fingerprint density at radius 3 is 2.63 bits per heavy atom. The second-order valence-corrected chi connectivity index (χ2v) is 7.00. The lowest BCUT2D eigenvalue weighted by molar-refractivity contribution is 0.101. The Morgan fingerprint density at radius 1 is 1.11 bits per heavy atom. The quantitative estimate of drug-likeness (QED) is 0.624. The summed E-state index contributed by atoms with van der Waals surface area (Å²) in [6.07, 6.45) is 3.40. The number of benzene rings is 1. The summed E-state index contributed by atoms with van der Waals surface area (Å²) in [5, 5.41) is 11.3. The van der Waals surface area contributed by atoms with Crippen LogP contribution in [0.15, 0.2) is 57.9 Å². The number of hydrogen-bond donors (Lipinski definition) is 1. The molecule has 0 fully saturated rings.